The van der Waals surface area contributed by atoms with Crippen molar-refractivity contribution in [3.8, 4) is 0 Å². The number of furan rings is 1. The van der Waals surface area contributed by atoms with Crippen LogP contribution in [0.1, 0.15) is 11.5 Å². The lowest BCUT2D eigenvalue weighted by molar-refractivity contribution is -0.122. The van der Waals surface area contributed by atoms with Crippen LogP contribution >= 0.6 is 35.0 Å². The summed E-state index contributed by atoms with van der Waals surface area (Å²) in [6, 6.07) is 8.53. The summed E-state index contributed by atoms with van der Waals surface area (Å²) in [5, 5.41) is 3.46. The number of nitrogens with one attached hydrogen (secondary N) is 1. The van der Waals surface area contributed by atoms with Crippen LogP contribution in [0.15, 0.2) is 39.7 Å². The van der Waals surface area contributed by atoms with Gasteiger partial charge in [-0.3, -0.25) is 14.5 Å². The minimum atomic E-state index is -0.369. The van der Waals surface area contributed by atoms with Crippen molar-refractivity contribution in [1.82, 2.24) is 4.90 Å². The summed E-state index contributed by atoms with van der Waals surface area (Å²) in [5.41, 5.74) is 0.661. The number of hydrogen-bond acceptors (Lipinski definition) is 5. The minimum absolute atomic E-state index is 0.0388. The largest absolute Gasteiger partial charge is 0.462 e. The maximum absolute atomic E-state index is 12.4. The van der Waals surface area contributed by atoms with E-state index in [1.54, 1.807) is 36.4 Å². The van der Waals surface area contributed by atoms with Gasteiger partial charge in [0.15, 0.2) is 0 Å². The molecule has 2 amide bonds. The number of rotatable bonds is 4. The molecule has 1 N–H and O–H groups in total. The summed E-state index contributed by atoms with van der Waals surface area (Å²) >= 11 is 12.7. The van der Waals surface area contributed by atoms with Crippen LogP contribution in [0.3, 0.4) is 0 Å². The Morgan fingerprint density at radius 3 is 2.67 bits per heavy atom. The molecule has 2 heterocycles. The van der Waals surface area contributed by atoms with E-state index >= 15 is 0 Å². The number of aryl methyl sites for hydroxylation is 1. The second-order valence-electron chi connectivity index (χ2n) is 5.02. The molecule has 0 unspecified atom stereocenters. The topological polar surface area (TPSA) is 62.6 Å². The predicted octanol–water partition coefficient (Wildman–Crippen LogP) is 5.00. The molecule has 1 aromatic carbocycles. The Morgan fingerprint density at radius 2 is 2.00 bits per heavy atom. The van der Waals surface area contributed by atoms with Crippen LogP contribution in [-0.2, 0) is 4.79 Å². The van der Waals surface area contributed by atoms with Crippen molar-refractivity contribution in [2.24, 2.45) is 0 Å². The van der Waals surface area contributed by atoms with E-state index < -0.39 is 0 Å². The van der Waals surface area contributed by atoms with Gasteiger partial charge in [-0.1, -0.05) is 23.2 Å². The number of nitrogens with zero attached hydrogens (tertiary/aromatic N) is 1. The highest BCUT2D eigenvalue weighted by molar-refractivity contribution is 8.18. The molecule has 8 heteroatoms. The summed E-state index contributed by atoms with van der Waals surface area (Å²) in [7, 11) is 0. The maximum Gasteiger partial charge on any atom is 0.295 e. The number of carbonyl (C=O) groups excluding carboxylic acids is 2. The van der Waals surface area contributed by atoms with Crippen molar-refractivity contribution >= 4 is 57.9 Å². The van der Waals surface area contributed by atoms with Crippen LogP contribution in [0.4, 0.5) is 10.5 Å². The third-order valence-electron chi connectivity index (χ3n) is 3.27. The molecule has 2 aromatic rings. The Kier molecular flexibility index (Phi) is 4.89. The number of amides is 2. The fourth-order valence-corrected chi connectivity index (χ4v) is 3.19. The highest BCUT2D eigenvalue weighted by Crippen LogP contribution is 2.32. The van der Waals surface area contributed by atoms with Crippen LogP contribution in [0, 0.1) is 6.92 Å². The smallest absolute Gasteiger partial charge is 0.295 e. The quantitative estimate of drug-likeness (QED) is 0.753. The average Bonchev–Trinajstić information content (AvgIpc) is 3.05. The maximum atomic E-state index is 12.4. The molecule has 1 aliphatic heterocycles. The molecule has 124 valence electrons. The molecule has 0 saturated carbocycles. The third kappa shape index (κ3) is 3.61. The van der Waals surface area contributed by atoms with Gasteiger partial charge >= 0.3 is 0 Å². The van der Waals surface area contributed by atoms with E-state index in [1.165, 1.54) is 0 Å². The van der Waals surface area contributed by atoms with Crippen LogP contribution in [0.5, 0.6) is 0 Å². The van der Waals surface area contributed by atoms with E-state index in [0.717, 1.165) is 22.4 Å². The van der Waals surface area contributed by atoms with Gasteiger partial charge in [0.25, 0.3) is 11.1 Å². The Hall–Kier alpha value is -1.89. The van der Waals surface area contributed by atoms with Gasteiger partial charge in [0.05, 0.1) is 21.6 Å². The molecule has 3 rings (SSSR count). The first-order valence-corrected chi connectivity index (χ1v) is 8.52. The van der Waals surface area contributed by atoms with Crippen molar-refractivity contribution in [1.29, 1.82) is 0 Å². The summed E-state index contributed by atoms with van der Waals surface area (Å²) < 4.78 is 5.40. The Labute approximate surface area is 152 Å². The molecule has 0 atom stereocenters. The Morgan fingerprint density at radius 1 is 1.21 bits per heavy atom. The second kappa shape index (κ2) is 6.93. The lowest BCUT2D eigenvalue weighted by atomic mass is 10.3. The summed E-state index contributed by atoms with van der Waals surface area (Å²) in [6.45, 7) is 1.85. The van der Waals surface area contributed by atoms with Crippen molar-refractivity contribution in [2.45, 2.75) is 6.92 Å². The van der Waals surface area contributed by atoms with Gasteiger partial charge in [-0.15, -0.1) is 0 Å². The molecule has 0 aliphatic carbocycles. The van der Waals surface area contributed by atoms with E-state index in [4.69, 9.17) is 27.6 Å². The first-order chi connectivity index (χ1) is 11.4. The molecular weight excluding hydrogens is 371 g/mol. The fraction of sp³-hybridized carbons (Fsp3) is 0.125. The molecule has 0 spiro atoms. The third-order valence-corrected chi connectivity index (χ3v) is 4.92. The standard InChI is InChI=1S/C16H12Cl2N2O3S/c1-9-2-4-11(23-9)7-14-15(21)20(16(22)24-14)8-19-10-3-5-12(17)13(18)6-10/h2-7,19H,8H2,1H3/b14-7-. The number of anilines is 1. The molecule has 24 heavy (non-hydrogen) atoms. The molecule has 0 radical (unpaired) electrons. The monoisotopic (exact) mass is 382 g/mol. The first-order valence-electron chi connectivity index (χ1n) is 6.95. The second-order valence-corrected chi connectivity index (χ2v) is 6.83. The minimum Gasteiger partial charge on any atom is -0.462 e. The average molecular weight is 383 g/mol. The number of thioether (sulfide) groups is 1. The number of hydrogen-bond donors (Lipinski definition) is 1. The van der Waals surface area contributed by atoms with Gasteiger partial charge in [0.1, 0.15) is 11.5 Å². The van der Waals surface area contributed by atoms with Gasteiger partial charge in [0.2, 0.25) is 0 Å². The number of carbonyl (C=O) groups is 2. The Bertz CT molecular complexity index is 848. The van der Waals surface area contributed by atoms with Crippen LogP contribution < -0.4 is 5.32 Å². The number of halogens is 2. The molecule has 5 nitrogen and oxygen atoms in total. The first kappa shape index (κ1) is 17.0. The van der Waals surface area contributed by atoms with Gasteiger partial charge in [-0.05, 0) is 49.0 Å². The highest BCUT2D eigenvalue weighted by Gasteiger charge is 2.35. The van der Waals surface area contributed by atoms with Gasteiger partial charge in [0, 0.05) is 11.8 Å². The van der Waals surface area contributed by atoms with Crippen LogP contribution in [0.2, 0.25) is 10.0 Å². The summed E-state index contributed by atoms with van der Waals surface area (Å²) in [6.07, 6.45) is 1.57. The van der Waals surface area contributed by atoms with Crippen LogP contribution in [0.25, 0.3) is 6.08 Å². The summed E-state index contributed by atoms with van der Waals surface area (Å²) in [4.78, 5) is 25.8. The fourth-order valence-electron chi connectivity index (χ4n) is 2.07. The van der Waals surface area contributed by atoms with Gasteiger partial charge in [-0.25, -0.2) is 0 Å². The lowest BCUT2D eigenvalue weighted by Gasteiger charge is -2.14. The van der Waals surface area contributed by atoms with Crippen molar-refractivity contribution in [2.75, 3.05) is 12.0 Å². The molecule has 1 saturated heterocycles. The van der Waals surface area contributed by atoms with E-state index in [1.807, 2.05) is 6.92 Å². The zero-order valence-corrected chi connectivity index (χ0v) is 14.8. The zero-order valence-electron chi connectivity index (χ0n) is 12.5. The van der Waals surface area contributed by atoms with Crippen molar-refractivity contribution in [3.05, 3.63) is 56.8 Å². The molecule has 0 bridgehead atoms. The number of benzene rings is 1. The predicted molar refractivity (Wildman–Crippen MR) is 96.2 cm³/mol. The van der Waals surface area contributed by atoms with E-state index in [9.17, 15) is 9.59 Å². The lowest BCUT2D eigenvalue weighted by Crippen LogP contribution is -2.33. The number of imide groups is 1. The van der Waals surface area contributed by atoms with E-state index in [2.05, 4.69) is 5.32 Å². The van der Waals surface area contributed by atoms with Crippen molar-refractivity contribution < 1.29 is 14.0 Å². The Balaban J connectivity index is 1.70. The van der Waals surface area contributed by atoms with E-state index in [0.29, 0.717) is 26.4 Å². The molecular formula is C16H12Cl2N2O3S. The van der Waals surface area contributed by atoms with Gasteiger partial charge in [-0.2, -0.15) is 0 Å². The van der Waals surface area contributed by atoms with E-state index in [-0.39, 0.29) is 17.8 Å². The highest BCUT2D eigenvalue weighted by atomic mass is 35.5. The van der Waals surface area contributed by atoms with Gasteiger partial charge < -0.3 is 9.73 Å². The van der Waals surface area contributed by atoms with Crippen LogP contribution in [-0.4, -0.2) is 22.7 Å². The molecule has 1 aromatic heterocycles. The molecule has 1 fully saturated rings. The normalized spacial score (nSPS) is 16.3. The SMILES string of the molecule is Cc1ccc(/C=C2\SC(=O)N(CNc3ccc(Cl)c(Cl)c3)C2=O)o1. The zero-order chi connectivity index (χ0) is 17.3. The van der Waals surface area contributed by atoms with Crippen molar-refractivity contribution in [3.63, 3.8) is 0 Å². The molecule has 1 aliphatic rings. The summed E-state index contributed by atoms with van der Waals surface area (Å²) in [5.74, 6) is 0.906.